The highest BCUT2D eigenvalue weighted by atomic mass is 32.2. The number of carbonyl (C=O) groups is 1. The van der Waals surface area contributed by atoms with Gasteiger partial charge in [0.2, 0.25) is 5.91 Å². The van der Waals surface area contributed by atoms with E-state index in [2.05, 4.69) is 15.3 Å². The van der Waals surface area contributed by atoms with E-state index < -0.39 is 22.8 Å². The van der Waals surface area contributed by atoms with Crippen molar-refractivity contribution in [3.63, 3.8) is 0 Å². The lowest BCUT2D eigenvalue weighted by atomic mass is 10.3. The molecule has 0 aliphatic heterocycles. The van der Waals surface area contributed by atoms with E-state index in [0.29, 0.717) is 5.16 Å². The molecule has 1 aliphatic rings. The van der Waals surface area contributed by atoms with E-state index in [1.165, 1.54) is 6.07 Å². The van der Waals surface area contributed by atoms with E-state index in [4.69, 9.17) is 0 Å². The number of aryl methyl sites for hydroxylation is 1. The molecule has 8 heteroatoms. The fraction of sp³-hybridized carbons (Fsp3) is 0.312. The summed E-state index contributed by atoms with van der Waals surface area (Å²) in [5.74, 6) is -2.40. The van der Waals surface area contributed by atoms with Gasteiger partial charge < -0.3 is 10.3 Å². The van der Waals surface area contributed by atoms with Crippen LogP contribution >= 0.6 is 11.8 Å². The monoisotopic (exact) mass is 351 g/mol. The average Bonchev–Trinajstić information content (AvgIpc) is 3.00. The third-order valence-corrected chi connectivity index (χ3v) is 4.75. The second-order valence-electron chi connectivity index (χ2n) is 5.53. The first kappa shape index (κ1) is 16.6. The summed E-state index contributed by atoms with van der Waals surface area (Å²) < 4.78 is 26.1. The highest BCUT2D eigenvalue weighted by Gasteiger charge is 2.21. The van der Waals surface area contributed by atoms with Crippen LogP contribution in [0.3, 0.4) is 0 Å². The van der Waals surface area contributed by atoms with Crippen molar-refractivity contribution in [3.8, 4) is 0 Å². The molecule has 1 aliphatic carbocycles. The normalized spacial score (nSPS) is 14.3. The zero-order valence-corrected chi connectivity index (χ0v) is 13.7. The number of aromatic amines is 1. The Morgan fingerprint density at radius 2 is 2.12 bits per heavy atom. The van der Waals surface area contributed by atoms with Gasteiger partial charge in [0.05, 0.1) is 10.9 Å². The standard InChI is InChI=1S/C16H15F2N3O2S/c1-8(14(22)19-9-5-6-11(17)12(18)7-9)24-16-20-13-4-2-3-10(13)15(23)21-16/h5-8H,2-4H2,1H3,(H,19,22)(H,20,21,23). The van der Waals surface area contributed by atoms with Crippen molar-refractivity contribution in [1.29, 1.82) is 0 Å². The number of rotatable bonds is 4. The van der Waals surface area contributed by atoms with Crippen molar-refractivity contribution in [2.45, 2.75) is 36.6 Å². The molecule has 0 saturated heterocycles. The number of H-pyrrole nitrogens is 1. The SMILES string of the molecule is CC(Sc1nc2c(c(=O)[nH]1)CCC2)C(=O)Nc1ccc(F)c(F)c1. The van der Waals surface area contributed by atoms with Gasteiger partial charge in [0.15, 0.2) is 16.8 Å². The van der Waals surface area contributed by atoms with Crippen molar-refractivity contribution in [2.24, 2.45) is 0 Å². The van der Waals surface area contributed by atoms with Crippen LogP contribution in [0.5, 0.6) is 0 Å². The van der Waals surface area contributed by atoms with Gasteiger partial charge in [-0.25, -0.2) is 13.8 Å². The molecule has 24 heavy (non-hydrogen) atoms. The maximum atomic E-state index is 13.2. The molecule has 1 amide bonds. The van der Waals surface area contributed by atoms with Gasteiger partial charge in [-0.3, -0.25) is 9.59 Å². The van der Waals surface area contributed by atoms with Gasteiger partial charge in [0.1, 0.15) is 0 Å². The third-order valence-electron chi connectivity index (χ3n) is 3.76. The van der Waals surface area contributed by atoms with Gasteiger partial charge in [-0.2, -0.15) is 0 Å². The molecule has 0 saturated carbocycles. The van der Waals surface area contributed by atoms with E-state index >= 15 is 0 Å². The Hall–Kier alpha value is -2.22. The van der Waals surface area contributed by atoms with Crippen molar-refractivity contribution in [1.82, 2.24) is 9.97 Å². The van der Waals surface area contributed by atoms with Crippen molar-refractivity contribution in [2.75, 3.05) is 5.32 Å². The van der Waals surface area contributed by atoms with Crippen LogP contribution in [0, 0.1) is 11.6 Å². The second kappa shape index (κ2) is 6.72. The predicted molar refractivity (Wildman–Crippen MR) is 87.2 cm³/mol. The average molecular weight is 351 g/mol. The first-order valence-electron chi connectivity index (χ1n) is 7.48. The van der Waals surface area contributed by atoms with Crippen LogP contribution in [-0.4, -0.2) is 21.1 Å². The van der Waals surface area contributed by atoms with E-state index in [0.717, 1.165) is 54.4 Å². The molecule has 0 spiro atoms. The van der Waals surface area contributed by atoms with Crippen LogP contribution in [0.4, 0.5) is 14.5 Å². The highest BCUT2D eigenvalue weighted by Crippen LogP contribution is 2.23. The zero-order valence-electron chi connectivity index (χ0n) is 12.9. The summed E-state index contributed by atoms with van der Waals surface area (Å²) >= 11 is 1.11. The minimum absolute atomic E-state index is 0.159. The van der Waals surface area contributed by atoms with Crippen LogP contribution in [0.15, 0.2) is 28.2 Å². The van der Waals surface area contributed by atoms with Gasteiger partial charge in [-0.1, -0.05) is 11.8 Å². The Bertz CT molecular complexity index is 854. The molecule has 126 valence electrons. The Kier molecular flexibility index (Phi) is 4.66. The largest absolute Gasteiger partial charge is 0.325 e. The Morgan fingerprint density at radius 3 is 2.88 bits per heavy atom. The van der Waals surface area contributed by atoms with Gasteiger partial charge in [-0.05, 0) is 38.3 Å². The molecular weight excluding hydrogens is 336 g/mol. The topological polar surface area (TPSA) is 74.8 Å². The third kappa shape index (κ3) is 3.48. The number of hydrogen-bond donors (Lipinski definition) is 2. The fourth-order valence-electron chi connectivity index (χ4n) is 2.51. The Labute approximate surface area is 140 Å². The summed E-state index contributed by atoms with van der Waals surface area (Å²) in [6, 6.07) is 3.14. The molecule has 0 radical (unpaired) electrons. The number of anilines is 1. The number of thioether (sulfide) groups is 1. The summed E-state index contributed by atoms with van der Waals surface area (Å²) in [6.45, 7) is 1.65. The molecule has 1 atom stereocenters. The van der Waals surface area contributed by atoms with Crippen LogP contribution in [-0.2, 0) is 17.6 Å². The molecule has 2 N–H and O–H groups in total. The first-order chi connectivity index (χ1) is 11.4. The molecule has 1 unspecified atom stereocenters. The van der Waals surface area contributed by atoms with E-state index in [1.807, 2.05) is 0 Å². The fourth-order valence-corrected chi connectivity index (χ4v) is 3.33. The maximum Gasteiger partial charge on any atom is 0.254 e. The minimum atomic E-state index is -1.03. The number of benzene rings is 1. The summed E-state index contributed by atoms with van der Waals surface area (Å²) in [7, 11) is 0. The number of nitrogens with zero attached hydrogens (tertiary/aromatic N) is 1. The summed E-state index contributed by atoms with van der Waals surface area (Å²) in [5, 5.41) is 2.32. The van der Waals surface area contributed by atoms with Gasteiger partial charge in [0, 0.05) is 17.3 Å². The van der Waals surface area contributed by atoms with Crippen LogP contribution in [0.25, 0.3) is 0 Å². The zero-order chi connectivity index (χ0) is 17.3. The lowest BCUT2D eigenvalue weighted by molar-refractivity contribution is -0.115. The number of fused-ring (bicyclic) bond motifs is 1. The van der Waals surface area contributed by atoms with Gasteiger partial charge in [-0.15, -0.1) is 0 Å². The van der Waals surface area contributed by atoms with E-state index in [-0.39, 0.29) is 11.2 Å². The van der Waals surface area contributed by atoms with Crippen molar-refractivity contribution >= 4 is 23.4 Å². The molecule has 0 fully saturated rings. The number of carbonyl (C=O) groups excluding carboxylic acids is 1. The lowest BCUT2D eigenvalue weighted by Gasteiger charge is -2.12. The molecule has 1 aromatic carbocycles. The highest BCUT2D eigenvalue weighted by molar-refractivity contribution is 8.00. The summed E-state index contributed by atoms with van der Waals surface area (Å²) in [5.41, 5.74) is 1.52. The lowest BCUT2D eigenvalue weighted by Crippen LogP contribution is -2.24. The quantitative estimate of drug-likeness (QED) is 0.656. The predicted octanol–water partition coefficient (Wildman–Crippen LogP) is 2.66. The number of hydrogen-bond acceptors (Lipinski definition) is 4. The van der Waals surface area contributed by atoms with Crippen molar-refractivity contribution in [3.05, 3.63) is 51.4 Å². The second-order valence-corrected chi connectivity index (χ2v) is 6.86. The molecule has 3 rings (SSSR count). The number of halogens is 2. The first-order valence-corrected chi connectivity index (χ1v) is 8.36. The van der Waals surface area contributed by atoms with Gasteiger partial charge in [0.25, 0.3) is 5.56 Å². The Balaban J connectivity index is 1.69. The van der Waals surface area contributed by atoms with Crippen LogP contribution in [0.2, 0.25) is 0 Å². The number of aromatic nitrogens is 2. The minimum Gasteiger partial charge on any atom is -0.325 e. The smallest absolute Gasteiger partial charge is 0.254 e. The molecule has 2 aromatic rings. The summed E-state index contributed by atoms with van der Waals surface area (Å²) in [6.07, 6.45) is 2.41. The van der Waals surface area contributed by atoms with Gasteiger partial charge >= 0.3 is 0 Å². The van der Waals surface area contributed by atoms with Crippen LogP contribution in [0.1, 0.15) is 24.6 Å². The summed E-state index contributed by atoms with van der Waals surface area (Å²) in [4.78, 5) is 31.2. The van der Waals surface area contributed by atoms with E-state index in [1.54, 1.807) is 6.92 Å². The molecule has 5 nitrogen and oxygen atoms in total. The molecule has 1 heterocycles. The molecular formula is C16H15F2N3O2S. The number of amides is 1. The maximum absolute atomic E-state index is 13.2. The molecule has 0 bridgehead atoms. The van der Waals surface area contributed by atoms with Crippen molar-refractivity contribution < 1.29 is 13.6 Å². The molecule has 1 aromatic heterocycles. The number of nitrogens with one attached hydrogen (secondary N) is 2. The van der Waals surface area contributed by atoms with E-state index in [9.17, 15) is 18.4 Å². The van der Waals surface area contributed by atoms with Crippen LogP contribution < -0.4 is 10.9 Å². The Morgan fingerprint density at radius 1 is 1.33 bits per heavy atom.